The Hall–Kier alpha value is -3.22. The summed E-state index contributed by atoms with van der Waals surface area (Å²) in [7, 11) is 1.54. The highest BCUT2D eigenvalue weighted by Gasteiger charge is 2.29. The molecule has 3 heterocycles. The van der Waals surface area contributed by atoms with E-state index in [1.807, 2.05) is 11.0 Å². The van der Waals surface area contributed by atoms with Crippen molar-refractivity contribution in [1.82, 2.24) is 24.6 Å². The van der Waals surface area contributed by atoms with Gasteiger partial charge in [-0.25, -0.2) is 4.98 Å². The third kappa shape index (κ3) is 3.60. The van der Waals surface area contributed by atoms with Gasteiger partial charge in [-0.1, -0.05) is 30.3 Å². The Kier molecular flexibility index (Phi) is 5.06. The molecular formula is C21H23N5O2. The third-order valence-electron chi connectivity index (χ3n) is 5.05. The lowest BCUT2D eigenvalue weighted by Crippen LogP contribution is -2.40. The predicted octanol–water partition coefficient (Wildman–Crippen LogP) is 2.68. The lowest BCUT2D eigenvalue weighted by Gasteiger charge is -2.32. The smallest absolute Gasteiger partial charge is 0.254 e. The van der Waals surface area contributed by atoms with Gasteiger partial charge in [0, 0.05) is 30.8 Å². The highest BCUT2D eigenvalue weighted by molar-refractivity contribution is 5.94. The van der Waals surface area contributed by atoms with Gasteiger partial charge in [-0.05, 0) is 25.0 Å². The van der Waals surface area contributed by atoms with Crippen molar-refractivity contribution in [2.45, 2.75) is 32.4 Å². The SMILES string of the molecule is COc1cc(C(=O)N2Cc3nnc(CCc4ccccc4)n3[C@@H](C)C2)ccn1. The van der Waals surface area contributed by atoms with E-state index in [0.717, 1.165) is 24.5 Å². The van der Waals surface area contributed by atoms with E-state index in [4.69, 9.17) is 4.74 Å². The van der Waals surface area contributed by atoms with Crippen LogP contribution in [0.15, 0.2) is 48.7 Å². The summed E-state index contributed by atoms with van der Waals surface area (Å²) in [5.41, 5.74) is 1.85. The van der Waals surface area contributed by atoms with Crippen molar-refractivity contribution < 1.29 is 9.53 Å². The van der Waals surface area contributed by atoms with Crippen molar-refractivity contribution in [2.24, 2.45) is 0 Å². The molecule has 0 aliphatic carbocycles. The Labute approximate surface area is 164 Å². The first-order chi connectivity index (χ1) is 13.7. The Morgan fingerprint density at radius 3 is 2.79 bits per heavy atom. The molecule has 1 aliphatic heterocycles. The highest BCUT2D eigenvalue weighted by atomic mass is 16.5. The van der Waals surface area contributed by atoms with Gasteiger partial charge < -0.3 is 14.2 Å². The maximum Gasteiger partial charge on any atom is 0.254 e. The molecule has 1 aromatic carbocycles. The van der Waals surface area contributed by atoms with Crippen molar-refractivity contribution in [3.05, 3.63) is 71.4 Å². The zero-order chi connectivity index (χ0) is 19.5. The molecule has 2 aromatic heterocycles. The van der Waals surface area contributed by atoms with Crippen LogP contribution in [0.4, 0.5) is 0 Å². The van der Waals surface area contributed by atoms with Gasteiger partial charge in [-0.2, -0.15) is 0 Å². The van der Waals surface area contributed by atoms with Gasteiger partial charge in [-0.3, -0.25) is 4.79 Å². The molecule has 7 heteroatoms. The number of ether oxygens (including phenoxy) is 1. The molecule has 1 aliphatic rings. The summed E-state index contributed by atoms with van der Waals surface area (Å²) in [6.07, 6.45) is 3.34. The molecule has 1 amide bonds. The molecular weight excluding hydrogens is 354 g/mol. The van der Waals surface area contributed by atoms with Crippen molar-refractivity contribution in [3.63, 3.8) is 0 Å². The fraction of sp³-hybridized carbons (Fsp3) is 0.333. The molecule has 0 N–H and O–H groups in total. The molecule has 1 atom stereocenters. The Morgan fingerprint density at radius 2 is 2.00 bits per heavy atom. The van der Waals surface area contributed by atoms with Gasteiger partial charge in [0.2, 0.25) is 5.88 Å². The maximum atomic E-state index is 12.9. The number of amides is 1. The van der Waals surface area contributed by atoms with Crippen molar-refractivity contribution in [1.29, 1.82) is 0 Å². The van der Waals surface area contributed by atoms with E-state index in [9.17, 15) is 4.79 Å². The molecule has 7 nitrogen and oxygen atoms in total. The molecule has 0 spiro atoms. The summed E-state index contributed by atoms with van der Waals surface area (Å²) in [5.74, 6) is 2.19. The first-order valence-corrected chi connectivity index (χ1v) is 9.41. The minimum Gasteiger partial charge on any atom is -0.481 e. The quantitative estimate of drug-likeness (QED) is 0.683. The summed E-state index contributed by atoms with van der Waals surface area (Å²) in [5, 5.41) is 8.76. The lowest BCUT2D eigenvalue weighted by molar-refractivity contribution is 0.0679. The molecule has 0 bridgehead atoms. The van der Waals surface area contributed by atoms with Crippen LogP contribution in [-0.2, 0) is 19.4 Å². The maximum absolute atomic E-state index is 12.9. The highest BCUT2D eigenvalue weighted by Crippen LogP contribution is 2.24. The standard InChI is InChI=1S/C21H23N5O2/c1-15-13-25(21(27)17-10-11-22-20(12-17)28-2)14-19-24-23-18(26(15)19)9-8-16-6-4-3-5-7-16/h3-7,10-12,15H,8-9,13-14H2,1-2H3/t15-/m0/s1. The monoisotopic (exact) mass is 377 g/mol. The summed E-state index contributed by atoms with van der Waals surface area (Å²) < 4.78 is 7.31. The van der Waals surface area contributed by atoms with E-state index in [0.29, 0.717) is 24.5 Å². The second-order valence-corrected chi connectivity index (χ2v) is 7.01. The number of benzene rings is 1. The first-order valence-electron chi connectivity index (χ1n) is 9.41. The van der Waals surface area contributed by atoms with Crippen LogP contribution in [0, 0.1) is 0 Å². The number of carbonyl (C=O) groups excluding carboxylic acids is 1. The number of aryl methyl sites for hydroxylation is 2. The number of pyridine rings is 1. The number of hydrogen-bond acceptors (Lipinski definition) is 5. The average Bonchev–Trinajstić information content (AvgIpc) is 3.16. The molecule has 3 aromatic rings. The van der Waals surface area contributed by atoms with Gasteiger partial charge in [0.1, 0.15) is 5.82 Å². The first kappa shape index (κ1) is 18.2. The molecule has 0 saturated heterocycles. The van der Waals surface area contributed by atoms with Crippen LogP contribution in [0.1, 0.15) is 40.5 Å². The summed E-state index contributed by atoms with van der Waals surface area (Å²) in [4.78, 5) is 18.8. The number of rotatable bonds is 5. The zero-order valence-electron chi connectivity index (χ0n) is 16.1. The molecule has 4 rings (SSSR count). The van der Waals surface area contributed by atoms with Crippen LogP contribution >= 0.6 is 0 Å². The van der Waals surface area contributed by atoms with Gasteiger partial charge in [-0.15, -0.1) is 10.2 Å². The summed E-state index contributed by atoms with van der Waals surface area (Å²) in [6.45, 7) is 3.17. The molecule has 0 saturated carbocycles. The summed E-state index contributed by atoms with van der Waals surface area (Å²) in [6, 6.07) is 13.9. The van der Waals surface area contributed by atoms with Crippen molar-refractivity contribution >= 4 is 5.91 Å². The fourth-order valence-corrected chi connectivity index (χ4v) is 3.68. The topological polar surface area (TPSA) is 73.1 Å². The summed E-state index contributed by atoms with van der Waals surface area (Å²) >= 11 is 0. The number of hydrogen-bond donors (Lipinski definition) is 0. The van der Waals surface area contributed by atoms with Crippen LogP contribution in [0.5, 0.6) is 5.88 Å². The second-order valence-electron chi connectivity index (χ2n) is 7.01. The molecule has 0 fully saturated rings. The van der Waals surface area contributed by atoms with E-state index in [1.54, 1.807) is 25.4 Å². The minimum absolute atomic E-state index is 0.0485. The Balaban J connectivity index is 1.50. The largest absolute Gasteiger partial charge is 0.481 e. The average molecular weight is 377 g/mol. The molecule has 28 heavy (non-hydrogen) atoms. The number of aromatic nitrogens is 4. The number of methoxy groups -OCH3 is 1. The zero-order valence-corrected chi connectivity index (χ0v) is 16.1. The van der Waals surface area contributed by atoms with E-state index in [-0.39, 0.29) is 11.9 Å². The number of fused-ring (bicyclic) bond motifs is 1. The fourth-order valence-electron chi connectivity index (χ4n) is 3.68. The van der Waals surface area contributed by atoms with Gasteiger partial charge >= 0.3 is 0 Å². The Morgan fingerprint density at radius 1 is 1.18 bits per heavy atom. The molecule has 144 valence electrons. The lowest BCUT2D eigenvalue weighted by atomic mass is 10.1. The van der Waals surface area contributed by atoms with Gasteiger partial charge in [0.15, 0.2) is 5.82 Å². The van der Waals surface area contributed by atoms with E-state index < -0.39 is 0 Å². The van der Waals surface area contributed by atoms with Crippen LogP contribution < -0.4 is 4.74 Å². The Bertz CT molecular complexity index is 970. The van der Waals surface area contributed by atoms with Crippen LogP contribution in [0.2, 0.25) is 0 Å². The van der Waals surface area contributed by atoms with Crippen LogP contribution in [-0.4, -0.2) is 44.2 Å². The van der Waals surface area contributed by atoms with Gasteiger partial charge in [0.25, 0.3) is 5.91 Å². The van der Waals surface area contributed by atoms with Crippen LogP contribution in [0.25, 0.3) is 0 Å². The van der Waals surface area contributed by atoms with E-state index in [2.05, 4.69) is 50.9 Å². The molecule has 0 unspecified atom stereocenters. The van der Waals surface area contributed by atoms with E-state index >= 15 is 0 Å². The normalized spacial score (nSPS) is 15.9. The van der Waals surface area contributed by atoms with Crippen molar-refractivity contribution in [3.8, 4) is 5.88 Å². The minimum atomic E-state index is -0.0485. The van der Waals surface area contributed by atoms with Gasteiger partial charge in [0.05, 0.1) is 19.7 Å². The second kappa shape index (κ2) is 7.80. The van der Waals surface area contributed by atoms with E-state index in [1.165, 1.54) is 5.56 Å². The third-order valence-corrected chi connectivity index (χ3v) is 5.05. The van der Waals surface area contributed by atoms with Crippen LogP contribution in [0.3, 0.4) is 0 Å². The van der Waals surface area contributed by atoms with Crippen molar-refractivity contribution in [2.75, 3.05) is 13.7 Å². The molecule has 0 radical (unpaired) electrons. The number of nitrogens with zero attached hydrogens (tertiary/aromatic N) is 5. The predicted molar refractivity (Wildman–Crippen MR) is 104 cm³/mol. The number of carbonyl (C=O) groups is 1.